The van der Waals surface area contributed by atoms with Crippen LogP contribution >= 0.6 is 0 Å². The second kappa shape index (κ2) is 15.4. The molecule has 0 aromatic carbocycles. The van der Waals surface area contributed by atoms with E-state index in [1.54, 1.807) is 0 Å². The summed E-state index contributed by atoms with van der Waals surface area (Å²) in [6.07, 6.45) is -1.55. The number of nitrogens with zero attached hydrogens (tertiary/aromatic N) is 1. The summed E-state index contributed by atoms with van der Waals surface area (Å²) in [6.45, 7) is 5.06. The van der Waals surface area contributed by atoms with Gasteiger partial charge < -0.3 is 49.1 Å². The lowest BCUT2D eigenvalue weighted by atomic mass is 10.0. The van der Waals surface area contributed by atoms with Gasteiger partial charge in [0, 0.05) is 6.54 Å². The van der Waals surface area contributed by atoms with E-state index in [1.165, 1.54) is 6.92 Å². The molecule has 0 spiro atoms. The molecule has 0 radical (unpaired) electrons. The maximum Gasteiger partial charge on any atom is 0.326 e. The van der Waals surface area contributed by atoms with Gasteiger partial charge in [0.25, 0.3) is 0 Å². The zero-order valence-corrected chi connectivity index (χ0v) is 20.2. The highest BCUT2D eigenvalue weighted by Gasteiger charge is 2.33. The monoisotopic (exact) mass is 502 g/mol. The lowest BCUT2D eigenvalue weighted by Gasteiger charge is -2.26. The van der Waals surface area contributed by atoms with Crippen LogP contribution in [0.3, 0.4) is 0 Å². The number of carbonyl (C=O) groups is 5. The highest BCUT2D eigenvalue weighted by molar-refractivity contribution is 5.96. The number of amides is 4. The fraction of sp³-hybridized carbons (Fsp3) is 0.700. The molecule has 5 atom stereocenters. The number of carboxylic acids is 1. The van der Waals surface area contributed by atoms with Crippen molar-refractivity contribution in [1.29, 1.82) is 0 Å². The summed E-state index contributed by atoms with van der Waals surface area (Å²) in [7, 11) is 0. The van der Waals surface area contributed by atoms with Gasteiger partial charge in [-0.15, -0.1) is 0 Å². The summed E-state index contributed by atoms with van der Waals surface area (Å²) >= 11 is 0. The number of aliphatic hydroxyl groups is 1. The van der Waals surface area contributed by atoms with Gasteiger partial charge in [-0.2, -0.15) is 0 Å². The minimum Gasteiger partial charge on any atom is -0.480 e. The first-order chi connectivity index (χ1) is 16.1. The van der Waals surface area contributed by atoms with Gasteiger partial charge in [0.15, 0.2) is 5.96 Å². The molecule has 15 nitrogen and oxygen atoms in total. The Morgan fingerprint density at radius 1 is 0.886 bits per heavy atom. The number of nitrogens with two attached hydrogens (primary N) is 4. The Morgan fingerprint density at radius 2 is 1.46 bits per heavy atom. The van der Waals surface area contributed by atoms with E-state index >= 15 is 0 Å². The molecule has 13 N–H and O–H groups in total. The lowest BCUT2D eigenvalue weighted by Crippen LogP contribution is -2.60. The molecule has 35 heavy (non-hydrogen) atoms. The molecule has 0 aromatic heterocycles. The van der Waals surface area contributed by atoms with Crippen LogP contribution in [0.4, 0.5) is 0 Å². The van der Waals surface area contributed by atoms with E-state index in [1.807, 2.05) is 13.8 Å². The number of guanidine groups is 1. The lowest BCUT2D eigenvalue weighted by molar-refractivity contribution is -0.142. The van der Waals surface area contributed by atoms with Crippen LogP contribution in [0.1, 0.15) is 46.5 Å². The Labute approximate surface area is 203 Å². The molecule has 0 fully saturated rings. The molecule has 0 aromatic rings. The van der Waals surface area contributed by atoms with Gasteiger partial charge in [0.05, 0.1) is 18.6 Å². The number of hydrogen-bond donors (Lipinski definition) is 9. The molecule has 0 bridgehead atoms. The minimum atomic E-state index is -1.57. The largest absolute Gasteiger partial charge is 0.480 e. The van der Waals surface area contributed by atoms with Crippen LogP contribution in [0.2, 0.25) is 0 Å². The van der Waals surface area contributed by atoms with Crippen LogP contribution in [-0.4, -0.2) is 82.6 Å². The number of hydrogen-bond acceptors (Lipinski definition) is 8. The fourth-order valence-corrected chi connectivity index (χ4v) is 2.99. The Morgan fingerprint density at radius 3 is 1.91 bits per heavy atom. The topological polar surface area (TPSA) is 278 Å². The van der Waals surface area contributed by atoms with Crippen molar-refractivity contribution in [3.8, 4) is 0 Å². The predicted octanol–water partition coefficient (Wildman–Crippen LogP) is -3.79. The van der Waals surface area contributed by atoms with E-state index in [4.69, 9.17) is 22.9 Å². The van der Waals surface area contributed by atoms with Crippen LogP contribution in [-0.2, 0) is 24.0 Å². The number of carbonyl (C=O) groups excluding carboxylic acids is 4. The Kier molecular flexibility index (Phi) is 13.9. The van der Waals surface area contributed by atoms with Crippen molar-refractivity contribution in [1.82, 2.24) is 16.0 Å². The van der Waals surface area contributed by atoms with E-state index in [0.29, 0.717) is 6.42 Å². The molecule has 0 aliphatic carbocycles. The first-order valence-electron chi connectivity index (χ1n) is 11.1. The van der Waals surface area contributed by atoms with Crippen molar-refractivity contribution in [3.63, 3.8) is 0 Å². The predicted molar refractivity (Wildman–Crippen MR) is 126 cm³/mol. The van der Waals surface area contributed by atoms with Crippen molar-refractivity contribution < 1.29 is 34.2 Å². The van der Waals surface area contributed by atoms with Crippen LogP contribution < -0.4 is 38.9 Å². The van der Waals surface area contributed by atoms with Gasteiger partial charge in [-0.05, 0) is 32.1 Å². The van der Waals surface area contributed by atoms with Crippen molar-refractivity contribution in [3.05, 3.63) is 0 Å². The number of aliphatic hydroxyl groups excluding tert-OH is 1. The van der Waals surface area contributed by atoms with Gasteiger partial charge in [-0.3, -0.25) is 24.2 Å². The maximum atomic E-state index is 12.7. The first kappa shape index (κ1) is 31.5. The minimum absolute atomic E-state index is 0.0464. The Balaban J connectivity index is 5.41. The molecule has 15 heteroatoms. The third kappa shape index (κ3) is 13.1. The summed E-state index contributed by atoms with van der Waals surface area (Å²) in [5.74, 6) is -5.08. The molecule has 0 aliphatic rings. The molecule has 0 rings (SSSR count). The number of rotatable bonds is 16. The number of carboxylic acid groups (broad SMARTS) is 1. The average molecular weight is 503 g/mol. The smallest absolute Gasteiger partial charge is 0.326 e. The van der Waals surface area contributed by atoms with E-state index in [0.717, 1.165) is 0 Å². The van der Waals surface area contributed by atoms with Crippen LogP contribution in [0.15, 0.2) is 4.99 Å². The number of aliphatic imine (C=N–C) groups is 1. The second-order valence-electron chi connectivity index (χ2n) is 8.54. The van der Waals surface area contributed by atoms with Crippen molar-refractivity contribution >= 4 is 35.6 Å². The summed E-state index contributed by atoms with van der Waals surface area (Å²) in [5, 5.41) is 26.1. The van der Waals surface area contributed by atoms with Crippen LogP contribution in [0.25, 0.3) is 0 Å². The third-order valence-corrected chi connectivity index (χ3v) is 4.72. The molecule has 0 saturated carbocycles. The average Bonchev–Trinajstić information content (AvgIpc) is 2.71. The van der Waals surface area contributed by atoms with Gasteiger partial charge in [0.1, 0.15) is 18.1 Å². The zero-order valence-electron chi connectivity index (χ0n) is 20.2. The fourth-order valence-electron chi connectivity index (χ4n) is 2.99. The van der Waals surface area contributed by atoms with Crippen molar-refractivity contribution in [2.75, 3.05) is 6.54 Å². The number of nitrogens with one attached hydrogen (secondary N) is 3. The molecule has 4 amide bonds. The second-order valence-corrected chi connectivity index (χ2v) is 8.54. The zero-order chi connectivity index (χ0) is 27.3. The van der Waals surface area contributed by atoms with Crippen molar-refractivity contribution in [2.45, 2.75) is 76.7 Å². The van der Waals surface area contributed by atoms with Gasteiger partial charge in [-0.25, -0.2) is 4.79 Å². The van der Waals surface area contributed by atoms with E-state index < -0.39 is 66.3 Å². The van der Waals surface area contributed by atoms with Crippen LogP contribution in [0.5, 0.6) is 0 Å². The number of aliphatic carboxylic acids is 1. The normalized spacial score (nSPS) is 15.1. The molecule has 0 aliphatic heterocycles. The molecule has 0 heterocycles. The Bertz CT molecular complexity index is 783. The standard InChI is InChI=1S/C20H38N8O7/c1-9(2)7-11(21)16(31)28-15(10(3)29)18(33)27-13(8-14(22)30)17(32)26-12(19(34)35)5-4-6-25-20(23)24/h9-13,15,29H,4-8,21H2,1-3H3,(H2,22,30)(H,26,32)(H,27,33)(H,28,31)(H,34,35)(H4,23,24,25). The SMILES string of the molecule is CC(C)CC(N)C(=O)NC(C(=O)NC(CC(N)=O)C(=O)NC(CCCN=C(N)N)C(=O)O)C(C)O. The molecule has 5 unspecified atom stereocenters. The molecular formula is C20H38N8O7. The highest BCUT2D eigenvalue weighted by atomic mass is 16.4. The van der Waals surface area contributed by atoms with E-state index in [2.05, 4.69) is 20.9 Å². The summed E-state index contributed by atoms with van der Waals surface area (Å²) in [6, 6.07) is -5.38. The maximum absolute atomic E-state index is 12.7. The van der Waals surface area contributed by atoms with Crippen LogP contribution in [0, 0.1) is 5.92 Å². The van der Waals surface area contributed by atoms with Gasteiger partial charge in [0.2, 0.25) is 23.6 Å². The first-order valence-corrected chi connectivity index (χ1v) is 11.1. The summed E-state index contributed by atoms with van der Waals surface area (Å²) in [5.41, 5.74) is 21.4. The summed E-state index contributed by atoms with van der Waals surface area (Å²) in [4.78, 5) is 64.4. The number of primary amides is 1. The molecular weight excluding hydrogens is 464 g/mol. The third-order valence-electron chi connectivity index (χ3n) is 4.72. The molecule has 0 saturated heterocycles. The summed E-state index contributed by atoms with van der Waals surface area (Å²) < 4.78 is 0. The van der Waals surface area contributed by atoms with Crippen molar-refractivity contribution in [2.24, 2.45) is 33.8 Å². The Hall–Kier alpha value is -3.46. The quantitative estimate of drug-likeness (QED) is 0.0563. The van der Waals surface area contributed by atoms with E-state index in [9.17, 15) is 34.2 Å². The van der Waals surface area contributed by atoms with Gasteiger partial charge in [-0.1, -0.05) is 13.8 Å². The highest BCUT2D eigenvalue weighted by Crippen LogP contribution is 2.05. The van der Waals surface area contributed by atoms with E-state index in [-0.39, 0.29) is 31.3 Å². The molecule has 200 valence electrons. The van der Waals surface area contributed by atoms with Gasteiger partial charge >= 0.3 is 5.97 Å².